The van der Waals surface area contributed by atoms with E-state index >= 15 is 0 Å². The summed E-state index contributed by atoms with van der Waals surface area (Å²) in [6, 6.07) is 24.2. The molecule has 6 rings (SSSR count). The number of piperazine rings is 1. The fraction of sp³-hybridized carbons (Fsp3) is 0.412. The Hall–Kier alpha value is -3.50. The van der Waals surface area contributed by atoms with Crippen molar-refractivity contribution in [1.82, 2.24) is 5.32 Å². The average Bonchev–Trinajstić information content (AvgIpc) is 3.44. The summed E-state index contributed by atoms with van der Waals surface area (Å²) in [7, 11) is -0.613. The minimum atomic E-state index is -2.28. The number of aliphatic hydroxyl groups excluding tert-OH is 1. The third-order valence-corrected chi connectivity index (χ3v) is 14.2. The second kappa shape index (κ2) is 11.5. The molecule has 226 valence electrons. The van der Waals surface area contributed by atoms with Gasteiger partial charge in [-0.2, -0.15) is 0 Å². The lowest BCUT2D eigenvalue weighted by Gasteiger charge is -2.37. The van der Waals surface area contributed by atoms with Gasteiger partial charge < -0.3 is 29.7 Å². The molecule has 2 amide bonds. The van der Waals surface area contributed by atoms with Crippen molar-refractivity contribution in [1.29, 1.82) is 0 Å². The SMILES string of the molecule is COc1ccc([Si](C)(C)[C@@H]2[C@@H](CCO)O[C@]3(C(=O)N(Cc4ccccc4)c4ccc(N5CCNCC5=O)cc43)[C@H]2C)cc1. The molecule has 0 bridgehead atoms. The number of anilines is 2. The van der Waals surface area contributed by atoms with E-state index in [-0.39, 0.29) is 42.5 Å². The van der Waals surface area contributed by atoms with E-state index in [1.165, 1.54) is 5.19 Å². The lowest BCUT2D eigenvalue weighted by molar-refractivity contribution is -0.146. The number of nitrogens with one attached hydrogen (secondary N) is 1. The van der Waals surface area contributed by atoms with Gasteiger partial charge in [0.15, 0.2) is 5.60 Å². The number of ether oxygens (including phenoxy) is 2. The van der Waals surface area contributed by atoms with E-state index in [0.717, 1.165) is 28.3 Å². The largest absolute Gasteiger partial charge is 0.497 e. The summed E-state index contributed by atoms with van der Waals surface area (Å²) in [4.78, 5) is 31.4. The highest BCUT2D eigenvalue weighted by Gasteiger charge is 2.66. The van der Waals surface area contributed by atoms with Crippen LogP contribution in [0.1, 0.15) is 24.5 Å². The number of carbonyl (C=O) groups excluding carboxylic acids is 2. The molecule has 2 fully saturated rings. The standard InChI is InChI=1S/C34H41N3O5Si/c1-23-32(43(3,4)27-13-11-26(41-2)12-14-27)30(16-19-38)42-34(23)28-20-25(36-18-17-35-21-31(36)39)10-15-29(28)37(33(34)40)22-24-8-6-5-7-9-24/h5-15,20,23,30,32,35,38H,16-19,21-22H2,1-4H3/t23-,30+,32-,34+/m0/s1. The molecule has 0 unspecified atom stereocenters. The Balaban J connectivity index is 1.48. The number of methoxy groups -OCH3 is 1. The van der Waals surface area contributed by atoms with Crippen molar-refractivity contribution < 1.29 is 24.2 Å². The third-order valence-electron chi connectivity index (χ3n) is 9.82. The van der Waals surface area contributed by atoms with Crippen molar-refractivity contribution >= 4 is 36.4 Å². The molecule has 4 atom stereocenters. The van der Waals surface area contributed by atoms with Crippen LogP contribution in [-0.4, -0.2) is 64.4 Å². The van der Waals surface area contributed by atoms with Gasteiger partial charge in [0.05, 0.1) is 40.1 Å². The first-order chi connectivity index (χ1) is 20.7. The van der Waals surface area contributed by atoms with E-state index < -0.39 is 13.7 Å². The van der Waals surface area contributed by atoms with Crippen LogP contribution < -0.4 is 25.0 Å². The molecule has 0 aromatic heterocycles. The van der Waals surface area contributed by atoms with Gasteiger partial charge in [-0.1, -0.05) is 67.7 Å². The van der Waals surface area contributed by atoms with Crippen LogP contribution in [0.15, 0.2) is 72.8 Å². The van der Waals surface area contributed by atoms with Gasteiger partial charge in [-0.3, -0.25) is 9.59 Å². The van der Waals surface area contributed by atoms with E-state index in [4.69, 9.17) is 9.47 Å². The van der Waals surface area contributed by atoms with Crippen LogP contribution >= 0.6 is 0 Å². The Morgan fingerprint density at radius 2 is 1.81 bits per heavy atom. The third kappa shape index (κ3) is 4.88. The van der Waals surface area contributed by atoms with Crippen LogP contribution in [0.2, 0.25) is 18.6 Å². The quantitative estimate of drug-likeness (QED) is 0.383. The Morgan fingerprint density at radius 1 is 1.07 bits per heavy atom. The number of rotatable bonds is 8. The zero-order chi connectivity index (χ0) is 30.4. The maximum Gasteiger partial charge on any atom is 0.264 e. The number of fused-ring (bicyclic) bond motifs is 2. The first-order valence-electron chi connectivity index (χ1n) is 15.2. The van der Waals surface area contributed by atoms with E-state index in [2.05, 4.69) is 37.5 Å². The number of amides is 2. The highest BCUT2D eigenvalue weighted by Crippen LogP contribution is 2.60. The van der Waals surface area contributed by atoms with Crippen LogP contribution in [-0.2, 0) is 26.5 Å². The van der Waals surface area contributed by atoms with Gasteiger partial charge in [-0.25, -0.2) is 0 Å². The van der Waals surface area contributed by atoms with Gasteiger partial charge in [-0.05, 0) is 47.9 Å². The molecule has 0 saturated carbocycles. The van der Waals surface area contributed by atoms with E-state index in [1.807, 2.05) is 65.6 Å². The summed E-state index contributed by atoms with van der Waals surface area (Å²) in [6.45, 7) is 8.78. The van der Waals surface area contributed by atoms with Crippen LogP contribution in [0.3, 0.4) is 0 Å². The Morgan fingerprint density at radius 3 is 2.49 bits per heavy atom. The number of aliphatic hydroxyl groups is 1. The number of carbonyl (C=O) groups is 2. The highest BCUT2D eigenvalue weighted by atomic mass is 28.3. The van der Waals surface area contributed by atoms with Gasteiger partial charge in [0.25, 0.3) is 5.91 Å². The molecule has 0 aliphatic carbocycles. The van der Waals surface area contributed by atoms with Crippen LogP contribution in [0.4, 0.5) is 11.4 Å². The molecular formula is C34H41N3O5Si. The molecule has 3 aliphatic heterocycles. The maximum atomic E-state index is 14.8. The van der Waals surface area contributed by atoms with Gasteiger partial charge in [0, 0.05) is 36.9 Å². The van der Waals surface area contributed by atoms with Crippen molar-refractivity contribution in [2.45, 2.75) is 50.2 Å². The lowest BCUT2D eigenvalue weighted by Crippen LogP contribution is -2.52. The second-order valence-corrected chi connectivity index (χ2v) is 17.2. The Bertz CT molecular complexity index is 1500. The Kier molecular flexibility index (Phi) is 7.93. The summed E-state index contributed by atoms with van der Waals surface area (Å²) in [5.74, 6) is 0.565. The van der Waals surface area contributed by atoms with Crippen molar-refractivity contribution in [3.63, 3.8) is 0 Å². The first kappa shape index (κ1) is 29.6. The normalized spacial score (nSPS) is 25.5. The molecular weight excluding hydrogens is 558 g/mol. The predicted molar refractivity (Wildman–Crippen MR) is 171 cm³/mol. The first-order valence-corrected chi connectivity index (χ1v) is 18.2. The van der Waals surface area contributed by atoms with E-state index in [0.29, 0.717) is 26.1 Å². The summed E-state index contributed by atoms with van der Waals surface area (Å²) >= 11 is 0. The molecule has 2 N–H and O–H groups in total. The van der Waals surface area contributed by atoms with E-state index in [9.17, 15) is 14.7 Å². The molecule has 3 heterocycles. The summed E-state index contributed by atoms with van der Waals surface area (Å²) in [5, 5.41) is 14.6. The van der Waals surface area contributed by atoms with Crippen molar-refractivity contribution in [2.75, 3.05) is 43.2 Å². The van der Waals surface area contributed by atoms with Crippen LogP contribution in [0.25, 0.3) is 0 Å². The van der Waals surface area contributed by atoms with Gasteiger partial charge >= 0.3 is 0 Å². The zero-order valence-corrected chi connectivity index (χ0v) is 26.4. The fourth-order valence-corrected chi connectivity index (χ4v) is 11.7. The monoisotopic (exact) mass is 599 g/mol. The molecule has 0 radical (unpaired) electrons. The van der Waals surface area contributed by atoms with Gasteiger partial charge in [-0.15, -0.1) is 0 Å². The molecule has 2 saturated heterocycles. The summed E-state index contributed by atoms with van der Waals surface area (Å²) in [5.41, 5.74) is 2.27. The number of hydrogen-bond acceptors (Lipinski definition) is 6. The maximum absolute atomic E-state index is 14.8. The predicted octanol–water partition coefficient (Wildman–Crippen LogP) is 3.78. The second-order valence-electron chi connectivity index (χ2n) is 12.5. The average molecular weight is 600 g/mol. The number of nitrogens with zero attached hydrogens (tertiary/aromatic N) is 2. The lowest BCUT2D eigenvalue weighted by atomic mass is 9.82. The number of benzene rings is 3. The van der Waals surface area contributed by atoms with Gasteiger partial charge in [0.2, 0.25) is 5.91 Å². The highest BCUT2D eigenvalue weighted by molar-refractivity contribution is 6.91. The minimum Gasteiger partial charge on any atom is -0.497 e. The number of hydrogen-bond donors (Lipinski definition) is 2. The topological polar surface area (TPSA) is 91.3 Å². The van der Waals surface area contributed by atoms with Crippen LogP contribution in [0.5, 0.6) is 5.75 Å². The summed E-state index contributed by atoms with van der Waals surface area (Å²) in [6.07, 6.45) is 0.141. The Labute approximate surface area is 254 Å². The molecule has 3 aliphatic rings. The molecule has 3 aromatic rings. The molecule has 3 aromatic carbocycles. The molecule has 8 nitrogen and oxygen atoms in total. The molecule has 1 spiro atoms. The minimum absolute atomic E-state index is 0.00943. The fourth-order valence-electron chi connectivity index (χ4n) is 7.67. The zero-order valence-electron chi connectivity index (χ0n) is 25.4. The van der Waals surface area contributed by atoms with Crippen molar-refractivity contribution in [3.05, 3.63) is 83.9 Å². The smallest absolute Gasteiger partial charge is 0.264 e. The van der Waals surface area contributed by atoms with E-state index in [1.54, 1.807) is 12.0 Å². The van der Waals surface area contributed by atoms with Gasteiger partial charge in [0.1, 0.15) is 5.75 Å². The van der Waals surface area contributed by atoms with Crippen molar-refractivity contribution in [3.8, 4) is 5.75 Å². The van der Waals surface area contributed by atoms with Crippen LogP contribution in [0, 0.1) is 5.92 Å². The van der Waals surface area contributed by atoms with Crippen molar-refractivity contribution in [2.24, 2.45) is 5.92 Å². The summed E-state index contributed by atoms with van der Waals surface area (Å²) < 4.78 is 12.5. The molecule has 9 heteroatoms. The molecule has 43 heavy (non-hydrogen) atoms.